The molecule has 1 N–H and O–H groups in total. The maximum absolute atomic E-state index is 15.0. The van der Waals surface area contributed by atoms with Gasteiger partial charge in [-0.3, -0.25) is 14.0 Å². The van der Waals surface area contributed by atoms with Gasteiger partial charge in [-0.25, -0.2) is 14.1 Å². The monoisotopic (exact) mass is 457 g/mol. The molecule has 2 aromatic carbocycles. The van der Waals surface area contributed by atoms with Crippen LogP contribution in [0.5, 0.6) is 0 Å². The minimum atomic E-state index is -2.35. The van der Waals surface area contributed by atoms with E-state index in [4.69, 9.17) is 4.74 Å². The molecule has 10 heteroatoms. The standard InChI is InChI=1S/C22H23FN4O4S/c23-21-15(4-2-8-25-32(29)30)3-1-5-17(21)22(28)16-6-7-18-19(13-16)26-20(14-24-18)27-9-11-31-12-10-27/h1,3,5-7,13-14,25H,2,4,8-12H2,(H,29,30)/p-1. The Morgan fingerprint density at radius 2 is 2.03 bits per heavy atom. The Hall–Kier alpha value is -2.79. The van der Waals surface area contributed by atoms with Crippen molar-refractivity contribution in [3.8, 4) is 0 Å². The fourth-order valence-corrected chi connectivity index (χ4v) is 3.94. The summed E-state index contributed by atoms with van der Waals surface area (Å²) in [6.45, 7) is 2.88. The number of hydrogen-bond donors (Lipinski definition) is 1. The van der Waals surface area contributed by atoms with E-state index in [2.05, 4.69) is 19.6 Å². The molecule has 0 bridgehead atoms. The van der Waals surface area contributed by atoms with Gasteiger partial charge in [0, 0.05) is 36.5 Å². The molecule has 32 heavy (non-hydrogen) atoms. The molecule has 1 atom stereocenters. The molecule has 2 heterocycles. The third kappa shape index (κ3) is 5.16. The second-order valence-corrected chi connectivity index (χ2v) is 8.13. The van der Waals surface area contributed by atoms with E-state index >= 15 is 4.39 Å². The zero-order valence-electron chi connectivity index (χ0n) is 17.3. The fourth-order valence-electron chi connectivity index (χ4n) is 3.63. The summed E-state index contributed by atoms with van der Waals surface area (Å²) < 4.78 is 43.7. The van der Waals surface area contributed by atoms with Crippen LogP contribution >= 0.6 is 0 Å². The van der Waals surface area contributed by atoms with Crippen molar-refractivity contribution in [2.45, 2.75) is 12.8 Å². The van der Waals surface area contributed by atoms with Crippen LogP contribution in [0.3, 0.4) is 0 Å². The summed E-state index contributed by atoms with van der Waals surface area (Å²) in [5.41, 5.74) is 1.87. The van der Waals surface area contributed by atoms with Crippen molar-refractivity contribution < 1.29 is 22.7 Å². The molecule has 1 aliphatic heterocycles. The van der Waals surface area contributed by atoms with Crippen LogP contribution in [0.2, 0.25) is 0 Å². The van der Waals surface area contributed by atoms with E-state index in [0.717, 1.165) is 13.1 Å². The number of aryl methyl sites for hydroxylation is 1. The molecule has 0 saturated carbocycles. The van der Waals surface area contributed by atoms with Crippen LogP contribution in [0.1, 0.15) is 27.9 Å². The van der Waals surface area contributed by atoms with Gasteiger partial charge in [0.1, 0.15) is 11.6 Å². The van der Waals surface area contributed by atoms with Crippen LogP contribution in [0.4, 0.5) is 10.2 Å². The lowest BCUT2D eigenvalue weighted by molar-refractivity contribution is 0.103. The summed E-state index contributed by atoms with van der Waals surface area (Å²) in [6.07, 6.45) is 2.43. The number of fused-ring (bicyclic) bond motifs is 1. The lowest BCUT2D eigenvalue weighted by Gasteiger charge is -2.27. The van der Waals surface area contributed by atoms with Crippen LogP contribution in [0.15, 0.2) is 42.6 Å². The molecule has 0 aliphatic carbocycles. The zero-order chi connectivity index (χ0) is 22.5. The first-order chi connectivity index (χ1) is 15.5. The number of benzene rings is 2. The highest BCUT2D eigenvalue weighted by atomic mass is 32.2. The Balaban J connectivity index is 1.56. The van der Waals surface area contributed by atoms with E-state index < -0.39 is 22.9 Å². The molecule has 1 aliphatic rings. The average Bonchev–Trinajstić information content (AvgIpc) is 2.82. The molecule has 168 valence electrons. The van der Waals surface area contributed by atoms with Crippen LogP contribution in [0, 0.1) is 5.82 Å². The molecular formula is C22H22FN4O4S-. The highest BCUT2D eigenvalue weighted by Crippen LogP contribution is 2.22. The molecule has 8 nitrogen and oxygen atoms in total. The van der Waals surface area contributed by atoms with Gasteiger partial charge in [-0.15, -0.1) is 0 Å². The lowest BCUT2D eigenvalue weighted by Crippen LogP contribution is -2.36. The van der Waals surface area contributed by atoms with E-state index in [1.165, 1.54) is 6.07 Å². The first-order valence-electron chi connectivity index (χ1n) is 10.3. The summed E-state index contributed by atoms with van der Waals surface area (Å²) in [4.78, 5) is 24.2. The van der Waals surface area contributed by atoms with Crippen LogP contribution in [-0.2, 0) is 22.4 Å². The number of rotatable bonds is 8. The Kier molecular flexibility index (Phi) is 7.15. The maximum Gasteiger partial charge on any atom is 0.196 e. The third-order valence-electron chi connectivity index (χ3n) is 5.29. The molecular weight excluding hydrogens is 435 g/mol. The first kappa shape index (κ1) is 22.4. The van der Waals surface area contributed by atoms with Crippen molar-refractivity contribution in [1.82, 2.24) is 14.7 Å². The number of anilines is 1. The lowest BCUT2D eigenvalue weighted by atomic mass is 9.98. The van der Waals surface area contributed by atoms with Gasteiger partial charge in [0.15, 0.2) is 5.78 Å². The number of carbonyl (C=O) groups excluding carboxylic acids is 1. The predicted molar refractivity (Wildman–Crippen MR) is 118 cm³/mol. The van der Waals surface area contributed by atoms with Crippen LogP contribution in [0.25, 0.3) is 11.0 Å². The molecule has 0 spiro atoms. The highest BCUT2D eigenvalue weighted by molar-refractivity contribution is 7.77. The van der Waals surface area contributed by atoms with Gasteiger partial charge in [0.2, 0.25) is 0 Å². The van der Waals surface area contributed by atoms with Crippen molar-refractivity contribution in [2.24, 2.45) is 0 Å². The van der Waals surface area contributed by atoms with Gasteiger partial charge >= 0.3 is 0 Å². The fraction of sp³-hybridized carbons (Fsp3) is 0.318. The molecule has 1 saturated heterocycles. The van der Waals surface area contributed by atoms with Gasteiger partial charge in [-0.05, 0) is 42.7 Å². The summed E-state index contributed by atoms with van der Waals surface area (Å²) in [6, 6.07) is 9.63. The number of morpholine rings is 1. The van der Waals surface area contributed by atoms with Crippen molar-refractivity contribution in [3.05, 3.63) is 65.1 Å². The Labute approximate surface area is 187 Å². The van der Waals surface area contributed by atoms with Crippen molar-refractivity contribution >= 4 is 33.9 Å². The predicted octanol–water partition coefficient (Wildman–Crippen LogP) is 2.15. The van der Waals surface area contributed by atoms with Crippen molar-refractivity contribution in [1.29, 1.82) is 0 Å². The maximum atomic E-state index is 15.0. The van der Waals surface area contributed by atoms with Crippen LogP contribution in [-0.4, -0.2) is 57.4 Å². The molecule has 0 amide bonds. The minimum absolute atomic E-state index is 0.0282. The van der Waals surface area contributed by atoms with E-state index in [0.29, 0.717) is 54.0 Å². The zero-order valence-corrected chi connectivity index (χ0v) is 18.1. The SMILES string of the molecule is O=C(c1ccc2ncc(N3CCOCC3)nc2c1)c1cccc(CCCNS(=O)[O-])c1F. The molecule has 1 unspecified atom stereocenters. The van der Waals surface area contributed by atoms with Gasteiger partial charge in [-0.2, -0.15) is 0 Å². The van der Waals surface area contributed by atoms with E-state index in [1.807, 2.05) is 0 Å². The second-order valence-electron chi connectivity index (χ2n) is 7.37. The number of ketones is 1. The quantitative estimate of drug-likeness (QED) is 0.314. The molecule has 0 radical (unpaired) electrons. The number of aromatic nitrogens is 2. The molecule has 4 rings (SSSR count). The van der Waals surface area contributed by atoms with E-state index in [1.54, 1.807) is 36.5 Å². The van der Waals surface area contributed by atoms with Gasteiger partial charge < -0.3 is 14.2 Å². The molecule has 1 aromatic heterocycles. The number of halogens is 1. The summed E-state index contributed by atoms with van der Waals surface area (Å²) in [5, 5.41) is 0. The largest absolute Gasteiger partial charge is 0.760 e. The number of carbonyl (C=O) groups is 1. The Morgan fingerprint density at radius 1 is 1.22 bits per heavy atom. The summed E-state index contributed by atoms with van der Waals surface area (Å²) in [7, 11) is 0. The van der Waals surface area contributed by atoms with Crippen molar-refractivity contribution in [2.75, 3.05) is 37.7 Å². The Bertz CT molecular complexity index is 1150. The first-order valence-corrected chi connectivity index (χ1v) is 11.3. The summed E-state index contributed by atoms with van der Waals surface area (Å²) in [5.74, 6) is -0.316. The second kappa shape index (κ2) is 10.2. The van der Waals surface area contributed by atoms with Crippen LogP contribution < -0.4 is 9.62 Å². The number of ether oxygens (including phenoxy) is 1. The third-order valence-corrected chi connectivity index (χ3v) is 5.73. The topological polar surface area (TPSA) is 107 Å². The van der Waals surface area contributed by atoms with Gasteiger partial charge in [-0.1, -0.05) is 12.1 Å². The molecule has 1 fully saturated rings. The number of nitrogens with one attached hydrogen (secondary N) is 1. The summed E-state index contributed by atoms with van der Waals surface area (Å²) >= 11 is -2.35. The van der Waals surface area contributed by atoms with Crippen molar-refractivity contribution in [3.63, 3.8) is 0 Å². The normalized spacial score (nSPS) is 15.1. The average molecular weight is 458 g/mol. The van der Waals surface area contributed by atoms with Gasteiger partial charge in [0.25, 0.3) is 0 Å². The minimum Gasteiger partial charge on any atom is -0.760 e. The molecule has 3 aromatic rings. The Morgan fingerprint density at radius 3 is 2.81 bits per heavy atom. The van der Waals surface area contributed by atoms with E-state index in [-0.39, 0.29) is 12.1 Å². The highest BCUT2D eigenvalue weighted by Gasteiger charge is 2.18. The number of nitrogens with zero attached hydrogens (tertiary/aromatic N) is 3. The number of hydrogen-bond acceptors (Lipinski definition) is 7. The smallest absolute Gasteiger partial charge is 0.196 e. The van der Waals surface area contributed by atoms with Gasteiger partial charge in [0.05, 0.1) is 36.0 Å². The van der Waals surface area contributed by atoms with E-state index in [9.17, 15) is 13.6 Å².